The fraction of sp³-hybridized carbons (Fsp3) is 0.600. The third kappa shape index (κ3) is 4.11. The van der Waals surface area contributed by atoms with Crippen LogP contribution in [0.2, 0.25) is 0 Å². The molecule has 0 aromatic carbocycles. The molecule has 0 radical (unpaired) electrons. The van der Waals surface area contributed by atoms with Crippen molar-refractivity contribution in [3.63, 3.8) is 0 Å². The quantitative estimate of drug-likeness (QED) is 0.653. The van der Waals surface area contributed by atoms with Crippen molar-refractivity contribution in [3.05, 3.63) is 23.9 Å². The molecule has 5 nitrogen and oxygen atoms in total. The zero-order valence-corrected chi connectivity index (χ0v) is 12.4. The Balaban J connectivity index is 1.87. The van der Waals surface area contributed by atoms with Crippen molar-refractivity contribution in [2.45, 2.75) is 44.7 Å². The largest absolute Gasteiger partial charge is 0.481 e. The Morgan fingerprint density at radius 1 is 1.40 bits per heavy atom. The van der Waals surface area contributed by atoms with Crippen molar-refractivity contribution in [2.75, 3.05) is 14.2 Å². The predicted molar refractivity (Wildman–Crippen MR) is 81.0 cm³/mol. The van der Waals surface area contributed by atoms with E-state index in [4.69, 9.17) is 4.74 Å². The summed E-state index contributed by atoms with van der Waals surface area (Å²) in [7, 11) is 3.44. The van der Waals surface area contributed by atoms with Gasteiger partial charge in [0.15, 0.2) is 5.96 Å². The molecule has 20 heavy (non-hydrogen) atoms. The lowest BCUT2D eigenvalue weighted by atomic mass is 9.96. The van der Waals surface area contributed by atoms with Crippen LogP contribution in [-0.4, -0.2) is 31.1 Å². The Morgan fingerprint density at radius 2 is 2.20 bits per heavy atom. The number of ether oxygens (including phenoxy) is 1. The third-order valence-corrected chi connectivity index (χ3v) is 3.66. The van der Waals surface area contributed by atoms with Gasteiger partial charge in [0.1, 0.15) is 0 Å². The van der Waals surface area contributed by atoms with Crippen LogP contribution in [0.3, 0.4) is 0 Å². The molecule has 1 aliphatic rings. The number of hydrogen-bond acceptors (Lipinski definition) is 3. The molecule has 1 aliphatic carbocycles. The van der Waals surface area contributed by atoms with Crippen LogP contribution in [0, 0.1) is 0 Å². The smallest absolute Gasteiger partial charge is 0.218 e. The average molecular weight is 276 g/mol. The fourth-order valence-corrected chi connectivity index (χ4v) is 2.56. The molecule has 1 aromatic rings. The van der Waals surface area contributed by atoms with Crippen LogP contribution in [0.1, 0.15) is 37.7 Å². The highest BCUT2D eigenvalue weighted by molar-refractivity contribution is 5.80. The molecule has 0 aliphatic heterocycles. The second-order valence-corrected chi connectivity index (χ2v) is 5.08. The predicted octanol–water partition coefficient (Wildman–Crippen LogP) is 2.09. The molecule has 1 saturated carbocycles. The Bertz CT molecular complexity index is 441. The normalized spacial score (nSPS) is 16.8. The number of nitrogens with zero attached hydrogens (tertiary/aromatic N) is 2. The topological polar surface area (TPSA) is 58.5 Å². The fourth-order valence-electron chi connectivity index (χ4n) is 2.56. The summed E-state index contributed by atoms with van der Waals surface area (Å²) in [6.07, 6.45) is 8.18. The van der Waals surface area contributed by atoms with Crippen LogP contribution < -0.4 is 15.4 Å². The maximum Gasteiger partial charge on any atom is 0.218 e. The lowest BCUT2D eigenvalue weighted by Crippen LogP contribution is -2.43. The van der Waals surface area contributed by atoms with Crippen LogP contribution >= 0.6 is 0 Å². The van der Waals surface area contributed by atoms with Gasteiger partial charge in [0.2, 0.25) is 5.88 Å². The minimum Gasteiger partial charge on any atom is -0.481 e. The maximum absolute atomic E-state index is 5.25. The first-order valence-corrected chi connectivity index (χ1v) is 7.28. The lowest BCUT2D eigenvalue weighted by Gasteiger charge is -2.25. The van der Waals surface area contributed by atoms with Gasteiger partial charge in [0.25, 0.3) is 0 Å². The summed E-state index contributed by atoms with van der Waals surface area (Å²) in [4.78, 5) is 8.48. The Morgan fingerprint density at radius 3 is 2.90 bits per heavy atom. The Kier molecular flexibility index (Phi) is 5.65. The van der Waals surface area contributed by atoms with E-state index in [9.17, 15) is 0 Å². The molecule has 110 valence electrons. The molecule has 0 saturated heterocycles. The van der Waals surface area contributed by atoms with Gasteiger partial charge >= 0.3 is 0 Å². The molecular weight excluding hydrogens is 252 g/mol. The van der Waals surface area contributed by atoms with Crippen molar-refractivity contribution in [1.82, 2.24) is 15.6 Å². The monoisotopic (exact) mass is 276 g/mol. The number of methoxy groups -OCH3 is 1. The summed E-state index contributed by atoms with van der Waals surface area (Å²) in [6.45, 7) is 0.656. The second-order valence-electron chi connectivity index (χ2n) is 5.08. The minimum atomic E-state index is 0.547. The summed E-state index contributed by atoms with van der Waals surface area (Å²) in [5.41, 5.74) is 1.03. The Labute approximate surface area is 120 Å². The molecule has 2 N–H and O–H groups in total. The summed E-state index contributed by atoms with van der Waals surface area (Å²) in [6, 6.07) is 4.47. The van der Waals surface area contributed by atoms with E-state index >= 15 is 0 Å². The standard InChI is InChI=1S/C15H24N4O/c1-16-15(19-13-8-4-3-5-9-13)18-11-12-7-6-10-17-14(12)20-2/h6-7,10,13H,3-5,8-9,11H2,1-2H3,(H2,16,18,19). The molecule has 2 rings (SSSR count). The molecule has 0 amide bonds. The van der Waals surface area contributed by atoms with E-state index in [0.717, 1.165) is 11.5 Å². The number of pyridine rings is 1. The minimum absolute atomic E-state index is 0.547. The van der Waals surface area contributed by atoms with Crippen LogP contribution in [0.25, 0.3) is 0 Å². The van der Waals surface area contributed by atoms with Gasteiger partial charge in [-0.05, 0) is 18.9 Å². The van der Waals surface area contributed by atoms with E-state index in [-0.39, 0.29) is 0 Å². The first-order valence-electron chi connectivity index (χ1n) is 7.28. The van der Waals surface area contributed by atoms with Gasteiger partial charge in [-0.15, -0.1) is 0 Å². The van der Waals surface area contributed by atoms with E-state index in [1.165, 1.54) is 32.1 Å². The maximum atomic E-state index is 5.25. The first-order chi connectivity index (χ1) is 9.83. The van der Waals surface area contributed by atoms with Crippen molar-refractivity contribution in [2.24, 2.45) is 4.99 Å². The van der Waals surface area contributed by atoms with Gasteiger partial charge in [-0.25, -0.2) is 4.98 Å². The van der Waals surface area contributed by atoms with Crippen LogP contribution in [-0.2, 0) is 6.54 Å². The summed E-state index contributed by atoms with van der Waals surface area (Å²) >= 11 is 0. The molecule has 0 bridgehead atoms. The number of aliphatic imine (C=N–C) groups is 1. The average Bonchev–Trinajstić information content (AvgIpc) is 2.52. The summed E-state index contributed by atoms with van der Waals surface area (Å²) in [5, 5.41) is 6.82. The van der Waals surface area contributed by atoms with E-state index in [1.54, 1.807) is 20.4 Å². The van der Waals surface area contributed by atoms with Gasteiger partial charge < -0.3 is 15.4 Å². The van der Waals surface area contributed by atoms with Crippen LogP contribution in [0.5, 0.6) is 5.88 Å². The van der Waals surface area contributed by atoms with Gasteiger partial charge in [-0.1, -0.05) is 25.3 Å². The van der Waals surface area contributed by atoms with Crippen LogP contribution in [0.15, 0.2) is 23.3 Å². The highest BCUT2D eigenvalue weighted by Gasteiger charge is 2.14. The summed E-state index contributed by atoms with van der Waals surface area (Å²) in [5.74, 6) is 1.51. The number of aromatic nitrogens is 1. The Hall–Kier alpha value is -1.78. The van der Waals surface area contributed by atoms with E-state index in [1.807, 2.05) is 12.1 Å². The third-order valence-electron chi connectivity index (χ3n) is 3.66. The van der Waals surface area contributed by atoms with Crippen molar-refractivity contribution < 1.29 is 4.74 Å². The van der Waals surface area contributed by atoms with Crippen molar-refractivity contribution in [1.29, 1.82) is 0 Å². The zero-order valence-electron chi connectivity index (χ0n) is 12.4. The molecule has 1 heterocycles. The van der Waals surface area contributed by atoms with E-state index < -0.39 is 0 Å². The van der Waals surface area contributed by atoms with Gasteiger partial charge in [-0.2, -0.15) is 0 Å². The number of guanidine groups is 1. The molecular formula is C15H24N4O. The highest BCUT2D eigenvalue weighted by atomic mass is 16.5. The van der Waals surface area contributed by atoms with Gasteiger partial charge in [0, 0.05) is 31.4 Å². The number of rotatable bonds is 4. The van der Waals surface area contributed by atoms with E-state index in [0.29, 0.717) is 18.5 Å². The van der Waals surface area contributed by atoms with Crippen molar-refractivity contribution in [3.8, 4) is 5.88 Å². The van der Waals surface area contributed by atoms with Crippen LogP contribution in [0.4, 0.5) is 0 Å². The molecule has 5 heteroatoms. The lowest BCUT2D eigenvalue weighted by molar-refractivity contribution is 0.391. The number of nitrogens with one attached hydrogen (secondary N) is 2. The van der Waals surface area contributed by atoms with Crippen molar-refractivity contribution >= 4 is 5.96 Å². The van der Waals surface area contributed by atoms with Gasteiger partial charge in [0.05, 0.1) is 7.11 Å². The molecule has 1 fully saturated rings. The zero-order chi connectivity index (χ0) is 14.2. The van der Waals surface area contributed by atoms with Gasteiger partial charge in [-0.3, -0.25) is 4.99 Å². The number of hydrogen-bond donors (Lipinski definition) is 2. The molecule has 0 spiro atoms. The highest BCUT2D eigenvalue weighted by Crippen LogP contribution is 2.17. The SMILES string of the molecule is CN=C(NCc1cccnc1OC)NC1CCCCC1. The van der Waals surface area contributed by atoms with E-state index in [2.05, 4.69) is 20.6 Å². The molecule has 0 atom stereocenters. The molecule has 0 unspecified atom stereocenters. The first kappa shape index (κ1) is 14.6. The molecule has 1 aromatic heterocycles. The second kappa shape index (κ2) is 7.72. The summed E-state index contributed by atoms with van der Waals surface area (Å²) < 4.78 is 5.25.